The average molecular weight is 526 g/mol. The van der Waals surface area contributed by atoms with E-state index in [0.29, 0.717) is 41.3 Å². The standard InChI is InChI=1S/C29H31N7O3/c1-18(29(39)20-3-13-28(38)26(17-20)36-34-24-10-6-22(31)7-11-24)32-15-14-19-2-12-27(37)25(16-19)35-33-23-8-4-21(30)5-9-23/h2-13,16-18,25-26,29,32,39H,14-15,30-31H2,1H3. The van der Waals surface area contributed by atoms with Gasteiger partial charge in [-0.3, -0.25) is 9.59 Å². The molecule has 0 aromatic heterocycles. The van der Waals surface area contributed by atoms with Crippen LogP contribution in [0.5, 0.6) is 0 Å². The third-order valence-electron chi connectivity index (χ3n) is 6.28. The maximum absolute atomic E-state index is 12.3. The van der Waals surface area contributed by atoms with Gasteiger partial charge in [-0.05, 0) is 104 Å². The molecule has 0 fully saturated rings. The topological polar surface area (TPSA) is 168 Å². The van der Waals surface area contributed by atoms with Crippen molar-refractivity contribution in [1.29, 1.82) is 0 Å². The number of anilines is 2. The summed E-state index contributed by atoms with van der Waals surface area (Å²) in [4.78, 5) is 24.5. The smallest absolute Gasteiger partial charge is 0.185 e. The highest BCUT2D eigenvalue weighted by Gasteiger charge is 2.24. The second-order valence-electron chi connectivity index (χ2n) is 9.32. The third-order valence-corrected chi connectivity index (χ3v) is 6.28. The van der Waals surface area contributed by atoms with E-state index in [9.17, 15) is 14.7 Å². The number of aliphatic hydroxyl groups excluding tert-OH is 1. The number of hydrogen-bond donors (Lipinski definition) is 4. The van der Waals surface area contributed by atoms with Crippen molar-refractivity contribution in [3.8, 4) is 0 Å². The Hall–Kier alpha value is -4.54. The summed E-state index contributed by atoms with van der Waals surface area (Å²) in [5, 5.41) is 30.8. The number of azo groups is 2. The number of allylic oxidation sites excluding steroid dienone is 1. The molecule has 0 aliphatic heterocycles. The molecule has 10 heteroatoms. The molecule has 6 N–H and O–H groups in total. The molecule has 0 bridgehead atoms. The van der Waals surface area contributed by atoms with E-state index < -0.39 is 18.2 Å². The lowest BCUT2D eigenvalue weighted by atomic mass is 9.94. The number of nitrogen functional groups attached to an aromatic ring is 2. The van der Waals surface area contributed by atoms with Gasteiger partial charge in [-0.15, -0.1) is 0 Å². The van der Waals surface area contributed by atoms with Crippen LogP contribution in [0.1, 0.15) is 13.3 Å². The van der Waals surface area contributed by atoms with Crippen LogP contribution in [-0.4, -0.2) is 47.4 Å². The minimum absolute atomic E-state index is 0.136. The monoisotopic (exact) mass is 525 g/mol. The number of ketones is 2. The fourth-order valence-corrected chi connectivity index (χ4v) is 3.95. The van der Waals surface area contributed by atoms with E-state index in [0.717, 1.165) is 5.57 Å². The van der Waals surface area contributed by atoms with Gasteiger partial charge in [-0.2, -0.15) is 20.5 Å². The van der Waals surface area contributed by atoms with Crippen LogP contribution in [0, 0.1) is 0 Å². The van der Waals surface area contributed by atoms with Crippen molar-refractivity contribution in [2.24, 2.45) is 20.5 Å². The van der Waals surface area contributed by atoms with E-state index in [1.54, 1.807) is 72.8 Å². The summed E-state index contributed by atoms with van der Waals surface area (Å²) in [6, 6.07) is 12.0. The summed E-state index contributed by atoms with van der Waals surface area (Å²) in [6.45, 7) is 2.42. The van der Waals surface area contributed by atoms with Crippen molar-refractivity contribution in [3.63, 3.8) is 0 Å². The van der Waals surface area contributed by atoms with Crippen LogP contribution in [0.25, 0.3) is 0 Å². The molecule has 4 rings (SSSR count). The Kier molecular flexibility index (Phi) is 9.03. The van der Waals surface area contributed by atoms with Gasteiger partial charge < -0.3 is 21.9 Å². The normalized spacial score (nSPS) is 20.9. The van der Waals surface area contributed by atoms with E-state index in [-0.39, 0.29) is 17.6 Å². The number of aliphatic hydroxyl groups is 1. The van der Waals surface area contributed by atoms with Gasteiger partial charge >= 0.3 is 0 Å². The lowest BCUT2D eigenvalue weighted by molar-refractivity contribution is -0.115. The van der Waals surface area contributed by atoms with Crippen molar-refractivity contribution >= 4 is 34.3 Å². The fourth-order valence-electron chi connectivity index (χ4n) is 3.95. The Balaban J connectivity index is 1.31. The van der Waals surface area contributed by atoms with Gasteiger partial charge in [-0.1, -0.05) is 12.2 Å². The summed E-state index contributed by atoms with van der Waals surface area (Å²) >= 11 is 0. The Morgan fingerprint density at radius 1 is 0.795 bits per heavy atom. The minimum atomic E-state index is -0.859. The predicted molar refractivity (Wildman–Crippen MR) is 151 cm³/mol. The SMILES string of the molecule is CC(NCCC1=CC(N=Nc2ccc(N)cc2)C(=O)C=C1)C(O)C1=CC(N=Nc2ccc(N)cc2)C(=O)C=C1. The van der Waals surface area contributed by atoms with Gasteiger partial charge in [0.05, 0.1) is 17.5 Å². The maximum Gasteiger partial charge on any atom is 0.185 e. The summed E-state index contributed by atoms with van der Waals surface area (Å²) in [5.74, 6) is -0.345. The highest BCUT2D eigenvalue weighted by Crippen LogP contribution is 2.21. The zero-order chi connectivity index (χ0) is 27.8. The number of nitrogens with two attached hydrogens (primary N) is 2. The van der Waals surface area contributed by atoms with Crippen LogP contribution in [0.4, 0.5) is 22.7 Å². The molecule has 2 aliphatic rings. The highest BCUT2D eigenvalue weighted by atomic mass is 16.3. The van der Waals surface area contributed by atoms with Gasteiger partial charge in [0.25, 0.3) is 0 Å². The van der Waals surface area contributed by atoms with Crippen LogP contribution in [-0.2, 0) is 9.59 Å². The molecule has 0 heterocycles. The molecule has 39 heavy (non-hydrogen) atoms. The van der Waals surface area contributed by atoms with Gasteiger partial charge in [0.2, 0.25) is 0 Å². The number of carbonyl (C=O) groups excluding carboxylic acids is 2. The molecule has 0 saturated heterocycles. The second kappa shape index (κ2) is 12.8. The number of hydrogen-bond acceptors (Lipinski definition) is 10. The number of carbonyl (C=O) groups is 2. The van der Waals surface area contributed by atoms with Gasteiger partial charge in [-0.25, -0.2) is 0 Å². The summed E-state index contributed by atoms with van der Waals surface area (Å²) in [7, 11) is 0. The molecular weight excluding hydrogens is 494 g/mol. The van der Waals surface area contributed by atoms with Crippen molar-refractivity contribution in [2.45, 2.75) is 37.6 Å². The van der Waals surface area contributed by atoms with Crippen LogP contribution < -0.4 is 16.8 Å². The van der Waals surface area contributed by atoms with Crippen molar-refractivity contribution in [3.05, 3.63) is 96.1 Å². The first-order chi connectivity index (χ1) is 18.8. The zero-order valence-corrected chi connectivity index (χ0v) is 21.5. The largest absolute Gasteiger partial charge is 0.399 e. The third kappa shape index (κ3) is 7.73. The van der Waals surface area contributed by atoms with Crippen molar-refractivity contribution < 1.29 is 14.7 Å². The van der Waals surface area contributed by atoms with Gasteiger partial charge in [0.15, 0.2) is 23.7 Å². The molecule has 200 valence electrons. The molecule has 4 unspecified atom stereocenters. The molecule has 10 nitrogen and oxygen atoms in total. The molecule has 2 aromatic carbocycles. The molecular formula is C29H31N7O3. The van der Waals surface area contributed by atoms with Crippen molar-refractivity contribution in [2.75, 3.05) is 18.0 Å². The van der Waals surface area contributed by atoms with Crippen molar-refractivity contribution in [1.82, 2.24) is 5.32 Å². The second-order valence-corrected chi connectivity index (χ2v) is 9.32. The Morgan fingerprint density at radius 3 is 1.87 bits per heavy atom. The Bertz CT molecular complexity index is 1370. The van der Waals surface area contributed by atoms with E-state index in [4.69, 9.17) is 11.5 Å². The van der Waals surface area contributed by atoms with Gasteiger partial charge in [0, 0.05) is 17.4 Å². The summed E-state index contributed by atoms with van der Waals surface area (Å²) in [6.07, 6.45) is 9.48. The van der Waals surface area contributed by atoms with Gasteiger partial charge in [0.1, 0.15) is 0 Å². The minimum Gasteiger partial charge on any atom is -0.399 e. The molecule has 0 radical (unpaired) electrons. The average Bonchev–Trinajstić information content (AvgIpc) is 2.94. The van der Waals surface area contributed by atoms with Crippen LogP contribution >= 0.6 is 0 Å². The maximum atomic E-state index is 12.3. The molecule has 4 atom stereocenters. The van der Waals surface area contributed by atoms with Crippen LogP contribution in [0.2, 0.25) is 0 Å². The predicted octanol–water partition coefficient (Wildman–Crippen LogP) is 4.32. The quantitative estimate of drug-likeness (QED) is 0.266. The highest BCUT2D eigenvalue weighted by molar-refractivity contribution is 5.98. The fraction of sp³-hybridized carbons (Fsp3) is 0.241. The van der Waals surface area contributed by atoms with Crippen LogP contribution in [0.15, 0.2) is 117 Å². The molecule has 0 saturated carbocycles. The molecule has 0 spiro atoms. The van der Waals surface area contributed by atoms with E-state index in [2.05, 4.69) is 25.8 Å². The number of rotatable bonds is 10. The first-order valence-electron chi connectivity index (χ1n) is 12.6. The van der Waals surface area contributed by atoms with E-state index >= 15 is 0 Å². The number of nitrogens with zero attached hydrogens (tertiary/aromatic N) is 4. The number of benzene rings is 2. The Morgan fingerprint density at radius 2 is 1.31 bits per heavy atom. The lowest BCUT2D eigenvalue weighted by Gasteiger charge is -2.24. The lowest BCUT2D eigenvalue weighted by Crippen LogP contribution is -2.39. The van der Waals surface area contributed by atoms with E-state index in [1.807, 2.05) is 6.92 Å². The molecule has 2 aliphatic carbocycles. The molecule has 0 amide bonds. The first kappa shape index (κ1) is 27.5. The number of nitrogens with one attached hydrogen (secondary N) is 1. The summed E-state index contributed by atoms with van der Waals surface area (Å²) in [5.41, 5.74) is 15.3. The summed E-state index contributed by atoms with van der Waals surface area (Å²) < 4.78 is 0. The zero-order valence-electron chi connectivity index (χ0n) is 21.5. The Labute approximate surface area is 226 Å². The first-order valence-corrected chi connectivity index (χ1v) is 12.6. The molecule has 2 aromatic rings. The van der Waals surface area contributed by atoms with E-state index in [1.165, 1.54) is 12.2 Å². The van der Waals surface area contributed by atoms with Crippen LogP contribution in [0.3, 0.4) is 0 Å².